The predicted molar refractivity (Wildman–Crippen MR) is 208 cm³/mol. The molecule has 2 heterocycles. The molecule has 0 amide bonds. The van der Waals surface area contributed by atoms with Crippen LogP contribution < -0.4 is 0 Å². The normalized spacial score (nSPS) is 11.7. The van der Waals surface area contributed by atoms with Crippen LogP contribution in [0.2, 0.25) is 0 Å². The van der Waals surface area contributed by atoms with Crippen molar-refractivity contribution in [1.29, 1.82) is 0 Å². The van der Waals surface area contributed by atoms with Gasteiger partial charge in [0.25, 0.3) is 0 Å². The van der Waals surface area contributed by atoms with Crippen molar-refractivity contribution in [3.8, 4) is 44.6 Å². The second-order valence-corrected chi connectivity index (χ2v) is 12.7. The molecule has 2 aromatic heterocycles. The number of rotatable bonds is 4. The summed E-state index contributed by atoms with van der Waals surface area (Å²) in [7, 11) is 0. The van der Waals surface area contributed by atoms with Crippen LogP contribution in [0, 0.1) is 0 Å². The first-order valence-electron chi connectivity index (χ1n) is 16.8. The molecule has 10 aromatic rings. The van der Waals surface area contributed by atoms with Gasteiger partial charge >= 0.3 is 0 Å². The lowest BCUT2D eigenvalue weighted by molar-refractivity contribution is 1.33. The summed E-state index contributed by atoms with van der Waals surface area (Å²) >= 11 is 0. The lowest BCUT2D eigenvalue weighted by atomic mass is 9.86. The van der Waals surface area contributed by atoms with Crippen LogP contribution in [0.1, 0.15) is 0 Å². The highest BCUT2D eigenvalue weighted by Gasteiger charge is 2.20. The van der Waals surface area contributed by atoms with Gasteiger partial charge in [0.05, 0.1) is 11.2 Å². The van der Waals surface area contributed by atoms with Gasteiger partial charge in [-0.2, -0.15) is 0 Å². The predicted octanol–water partition coefficient (Wildman–Crippen LogP) is 12.8. The Morgan fingerprint density at radius 1 is 0.306 bits per heavy atom. The molecule has 0 atom stereocenters. The van der Waals surface area contributed by atoms with Gasteiger partial charge in [0, 0.05) is 39.2 Å². The molecule has 0 aliphatic carbocycles. The molecule has 8 aromatic carbocycles. The molecular formula is C47H30N2. The van der Waals surface area contributed by atoms with Crippen molar-refractivity contribution in [2.45, 2.75) is 0 Å². The Morgan fingerprint density at radius 3 is 1.47 bits per heavy atom. The SMILES string of the molecule is c1ccc(-c2cccc3c2[nH]c2ccccc23)c(-c2cccnc2-c2ccccc2-c2cccc3c4ccccc4c4ccccc4c23)c1. The number of nitrogens with zero attached hydrogens (tertiary/aromatic N) is 1. The Labute approximate surface area is 283 Å². The molecule has 0 saturated heterocycles. The topological polar surface area (TPSA) is 28.7 Å². The quantitative estimate of drug-likeness (QED) is 0.194. The summed E-state index contributed by atoms with van der Waals surface area (Å²) in [4.78, 5) is 8.86. The average Bonchev–Trinajstić information content (AvgIpc) is 3.57. The molecule has 0 aliphatic heterocycles. The Kier molecular flexibility index (Phi) is 6.22. The van der Waals surface area contributed by atoms with E-state index in [0.717, 1.165) is 33.4 Å². The van der Waals surface area contributed by atoms with Crippen LogP contribution in [0.15, 0.2) is 176 Å². The molecule has 0 fully saturated rings. The highest BCUT2D eigenvalue weighted by molar-refractivity contribution is 6.28. The smallest absolute Gasteiger partial charge is 0.0786 e. The van der Waals surface area contributed by atoms with E-state index in [1.165, 1.54) is 65.3 Å². The largest absolute Gasteiger partial charge is 0.354 e. The molecule has 10 rings (SSSR count). The number of fused-ring (bicyclic) bond motifs is 9. The van der Waals surface area contributed by atoms with E-state index in [1.807, 2.05) is 6.20 Å². The van der Waals surface area contributed by atoms with Gasteiger partial charge in [-0.3, -0.25) is 4.98 Å². The Bertz CT molecular complexity index is 2850. The minimum Gasteiger partial charge on any atom is -0.354 e. The third kappa shape index (κ3) is 4.24. The van der Waals surface area contributed by atoms with E-state index in [-0.39, 0.29) is 0 Å². The van der Waals surface area contributed by atoms with Crippen molar-refractivity contribution in [2.24, 2.45) is 0 Å². The third-order valence-electron chi connectivity index (χ3n) is 10.1. The minimum absolute atomic E-state index is 0.969. The molecular weight excluding hydrogens is 593 g/mol. The Morgan fingerprint density at radius 2 is 0.755 bits per heavy atom. The van der Waals surface area contributed by atoms with Gasteiger partial charge in [-0.1, -0.05) is 158 Å². The summed E-state index contributed by atoms with van der Waals surface area (Å²) in [6, 6.07) is 61.3. The van der Waals surface area contributed by atoms with Crippen molar-refractivity contribution in [1.82, 2.24) is 9.97 Å². The van der Waals surface area contributed by atoms with Gasteiger partial charge in [0.2, 0.25) is 0 Å². The number of aromatic nitrogens is 2. The molecule has 0 spiro atoms. The lowest BCUT2D eigenvalue weighted by Crippen LogP contribution is -1.95. The van der Waals surface area contributed by atoms with E-state index in [4.69, 9.17) is 4.98 Å². The highest BCUT2D eigenvalue weighted by Crippen LogP contribution is 2.45. The van der Waals surface area contributed by atoms with Gasteiger partial charge in [-0.25, -0.2) is 0 Å². The zero-order valence-electron chi connectivity index (χ0n) is 26.7. The fraction of sp³-hybridized carbons (Fsp3) is 0. The van der Waals surface area contributed by atoms with Crippen molar-refractivity contribution in [3.05, 3.63) is 176 Å². The van der Waals surface area contributed by atoms with Crippen molar-refractivity contribution >= 4 is 54.1 Å². The molecule has 2 heteroatoms. The average molecular weight is 623 g/mol. The van der Waals surface area contributed by atoms with Gasteiger partial charge in [0.15, 0.2) is 0 Å². The summed E-state index contributed by atoms with van der Waals surface area (Å²) in [5, 5.41) is 10.1. The number of hydrogen-bond donors (Lipinski definition) is 1. The van der Waals surface area contributed by atoms with E-state index in [9.17, 15) is 0 Å². The fourth-order valence-electron chi connectivity index (χ4n) is 7.99. The van der Waals surface area contributed by atoms with Crippen LogP contribution >= 0.6 is 0 Å². The van der Waals surface area contributed by atoms with E-state index < -0.39 is 0 Å². The zero-order valence-corrected chi connectivity index (χ0v) is 26.7. The number of benzene rings is 8. The number of nitrogens with one attached hydrogen (secondary N) is 1. The van der Waals surface area contributed by atoms with Crippen molar-refractivity contribution in [3.63, 3.8) is 0 Å². The monoisotopic (exact) mass is 622 g/mol. The van der Waals surface area contributed by atoms with Gasteiger partial charge in [-0.15, -0.1) is 0 Å². The van der Waals surface area contributed by atoms with Crippen molar-refractivity contribution < 1.29 is 0 Å². The lowest BCUT2D eigenvalue weighted by Gasteiger charge is -2.18. The second kappa shape index (κ2) is 11.0. The maximum absolute atomic E-state index is 5.13. The van der Waals surface area contributed by atoms with Crippen LogP contribution in [-0.4, -0.2) is 9.97 Å². The van der Waals surface area contributed by atoms with E-state index >= 15 is 0 Å². The van der Waals surface area contributed by atoms with E-state index in [2.05, 4.69) is 175 Å². The van der Waals surface area contributed by atoms with Crippen molar-refractivity contribution in [2.75, 3.05) is 0 Å². The van der Waals surface area contributed by atoms with Crippen LogP contribution in [-0.2, 0) is 0 Å². The standard InChI is InChI=1S/C47H30N2/c1-2-15-32-30(14-1)31-16-5-7-21-37(31)45-38(32)23-11-24-39(45)35-19-6-8-22-40(35)46-41(27-13-29-48-46)33-17-3-4-18-34(33)42-25-12-26-43-36-20-9-10-28-44(36)49-47(42)43/h1-29,49H. The molecule has 49 heavy (non-hydrogen) atoms. The minimum atomic E-state index is 0.969. The molecule has 0 bridgehead atoms. The van der Waals surface area contributed by atoms with Gasteiger partial charge in [-0.05, 0) is 66.7 Å². The molecule has 0 aliphatic rings. The molecule has 228 valence electrons. The number of para-hydroxylation sites is 2. The van der Waals surface area contributed by atoms with Crippen LogP contribution in [0.5, 0.6) is 0 Å². The first kappa shape index (κ1) is 27.6. The maximum Gasteiger partial charge on any atom is 0.0786 e. The number of aromatic amines is 1. The van der Waals surface area contributed by atoms with Crippen LogP contribution in [0.4, 0.5) is 0 Å². The molecule has 2 nitrogen and oxygen atoms in total. The summed E-state index contributed by atoms with van der Waals surface area (Å²) in [6.07, 6.45) is 1.92. The maximum atomic E-state index is 5.13. The number of H-pyrrole nitrogens is 1. The summed E-state index contributed by atoms with van der Waals surface area (Å²) in [5.74, 6) is 0. The van der Waals surface area contributed by atoms with Gasteiger partial charge < -0.3 is 4.98 Å². The second-order valence-electron chi connectivity index (χ2n) is 12.7. The summed E-state index contributed by atoms with van der Waals surface area (Å²) < 4.78 is 0. The molecule has 0 unspecified atom stereocenters. The third-order valence-corrected chi connectivity index (χ3v) is 10.1. The molecule has 0 saturated carbocycles. The van der Waals surface area contributed by atoms with Crippen LogP contribution in [0.25, 0.3) is 98.8 Å². The number of hydrogen-bond acceptors (Lipinski definition) is 1. The van der Waals surface area contributed by atoms with Crippen LogP contribution in [0.3, 0.4) is 0 Å². The summed E-state index contributed by atoms with van der Waals surface area (Å²) in [5.41, 5.74) is 11.4. The zero-order chi connectivity index (χ0) is 32.3. The Hall–Kier alpha value is -6.51. The fourth-order valence-corrected chi connectivity index (χ4v) is 7.99. The highest BCUT2D eigenvalue weighted by atomic mass is 14.7. The first-order valence-corrected chi connectivity index (χ1v) is 16.8. The Balaban J connectivity index is 1.22. The van der Waals surface area contributed by atoms with Gasteiger partial charge in [0.1, 0.15) is 0 Å². The summed E-state index contributed by atoms with van der Waals surface area (Å²) in [6.45, 7) is 0. The molecule has 0 radical (unpaired) electrons. The first-order chi connectivity index (χ1) is 24.3. The van der Waals surface area contributed by atoms with E-state index in [1.54, 1.807) is 0 Å². The molecule has 1 N–H and O–H groups in total. The van der Waals surface area contributed by atoms with E-state index in [0.29, 0.717) is 0 Å². The number of pyridine rings is 1.